The van der Waals surface area contributed by atoms with Crippen LogP contribution in [0.4, 0.5) is 0 Å². The summed E-state index contributed by atoms with van der Waals surface area (Å²) in [6.07, 6.45) is 5.90. The molecule has 0 amide bonds. The molecule has 1 aliphatic carbocycles. The first kappa shape index (κ1) is 11.6. The summed E-state index contributed by atoms with van der Waals surface area (Å²) >= 11 is 1.78. The Morgan fingerprint density at radius 1 is 1.53 bits per heavy atom. The van der Waals surface area contributed by atoms with E-state index in [0.717, 1.165) is 24.9 Å². The van der Waals surface area contributed by atoms with Gasteiger partial charge in [0.05, 0.1) is 5.01 Å². The molecule has 4 heteroatoms. The van der Waals surface area contributed by atoms with E-state index in [2.05, 4.69) is 27.5 Å². The minimum Gasteiger partial charge on any atom is -0.311 e. The third-order valence-electron chi connectivity index (χ3n) is 4.02. The van der Waals surface area contributed by atoms with Gasteiger partial charge in [-0.2, -0.15) is 0 Å². The minimum absolute atomic E-state index is 0.671. The summed E-state index contributed by atoms with van der Waals surface area (Å²) < 4.78 is 0. The standard InChI is InChI=1S/C13H21N3S/c1-10-8-15-12(11-2-3-11)9-16(10)6-4-13-14-5-7-17-13/h5,7,10-12,15H,2-4,6,8-9H2,1H3. The number of hydrogen-bond donors (Lipinski definition) is 1. The molecule has 1 aromatic rings. The molecule has 2 unspecified atom stereocenters. The van der Waals surface area contributed by atoms with Crippen LogP contribution in [0, 0.1) is 5.92 Å². The molecule has 0 radical (unpaired) electrons. The summed E-state index contributed by atoms with van der Waals surface area (Å²) in [7, 11) is 0. The van der Waals surface area contributed by atoms with E-state index in [1.807, 2.05) is 6.20 Å². The molecule has 1 N–H and O–H groups in total. The number of thiazole rings is 1. The summed E-state index contributed by atoms with van der Waals surface area (Å²) in [5.41, 5.74) is 0. The number of piperazine rings is 1. The van der Waals surface area contributed by atoms with Gasteiger partial charge in [0.15, 0.2) is 0 Å². The third kappa shape index (κ3) is 2.87. The molecule has 94 valence electrons. The van der Waals surface area contributed by atoms with E-state index in [1.165, 1.54) is 30.9 Å². The van der Waals surface area contributed by atoms with E-state index in [-0.39, 0.29) is 0 Å². The molecule has 0 bridgehead atoms. The van der Waals surface area contributed by atoms with Crippen molar-refractivity contribution in [3.05, 3.63) is 16.6 Å². The van der Waals surface area contributed by atoms with Crippen LogP contribution in [-0.2, 0) is 6.42 Å². The maximum Gasteiger partial charge on any atom is 0.0937 e. The first-order valence-corrected chi connectivity index (χ1v) is 7.56. The minimum atomic E-state index is 0.671. The number of nitrogens with one attached hydrogen (secondary N) is 1. The lowest BCUT2D eigenvalue weighted by Crippen LogP contribution is -2.56. The maximum atomic E-state index is 4.37. The maximum absolute atomic E-state index is 4.37. The van der Waals surface area contributed by atoms with Crippen LogP contribution < -0.4 is 5.32 Å². The Balaban J connectivity index is 1.53. The fourth-order valence-corrected chi connectivity index (χ4v) is 3.30. The lowest BCUT2D eigenvalue weighted by molar-refractivity contribution is 0.134. The normalized spacial score (nSPS) is 30.6. The topological polar surface area (TPSA) is 28.2 Å². The lowest BCUT2D eigenvalue weighted by atomic mass is 10.1. The van der Waals surface area contributed by atoms with Crippen molar-refractivity contribution in [2.45, 2.75) is 38.3 Å². The average Bonchev–Trinajstić information content (AvgIpc) is 3.05. The summed E-state index contributed by atoms with van der Waals surface area (Å²) in [5.74, 6) is 0.963. The van der Waals surface area contributed by atoms with Crippen molar-refractivity contribution in [3.8, 4) is 0 Å². The molecule has 0 aromatic carbocycles. The fraction of sp³-hybridized carbons (Fsp3) is 0.769. The summed E-state index contributed by atoms with van der Waals surface area (Å²) in [6.45, 7) is 5.88. The number of hydrogen-bond acceptors (Lipinski definition) is 4. The van der Waals surface area contributed by atoms with Crippen molar-refractivity contribution in [1.82, 2.24) is 15.2 Å². The van der Waals surface area contributed by atoms with Crippen molar-refractivity contribution in [3.63, 3.8) is 0 Å². The SMILES string of the molecule is CC1CNC(C2CC2)CN1CCc1nccs1. The van der Waals surface area contributed by atoms with E-state index in [4.69, 9.17) is 0 Å². The Morgan fingerprint density at radius 3 is 3.12 bits per heavy atom. The van der Waals surface area contributed by atoms with Crippen molar-refractivity contribution in [2.75, 3.05) is 19.6 Å². The van der Waals surface area contributed by atoms with Crippen LogP contribution in [0.5, 0.6) is 0 Å². The Hall–Kier alpha value is -0.450. The summed E-state index contributed by atoms with van der Waals surface area (Å²) in [5, 5.41) is 7.05. The molecular formula is C13H21N3S. The zero-order valence-electron chi connectivity index (χ0n) is 10.4. The second kappa shape index (κ2) is 5.04. The number of aromatic nitrogens is 1. The zero-order valence-corrected chi connectivity index (χ0v) is 11.2. The predicted octanol–water partition coefficient (Wildman–Crippen LogP) is 1.76. The van der Waals surface area contributed by atoms with E-state index in [1.54, 1.807) is 11.3 Å². The third-order valence-corrected chi connectivity index (χ3v) is 4.86. The van der Waals surface area contributed by atoms with Gasteiger partial charge < -0.3 is 5.32 Å². The smallest absolute Gasteiger partial charge is 0.0937 e. The highest BCUT2D eigenvalue weighted by atomic mass is 32.1. The van der Waals surface area contributed by atoms with Crippen LogP contribution in [0.2, 0.25) is 0 Å². The van der Waals surface area contributed by atoms with Gasteiger partial charge in [-0.15, -0.1) is 11.3 Å². The monoisotopic (exact) mass is 251 g/mol. The van der Waals surface area contributed by atoms with Crippen LogP contribution in [0.25, 0.3) is 0 Å². The Bertz CT molecular complexity index is 348. The van der Waals surface area contributed by atoms with Crippen LogP contribution in [0.1, 0.15) is 24.8 Å². The summed E-state index contributed by atoms with van der Waals surface area (Å²) in [6, 6.07) is 1.42. The molecule has 2 fully saturated rings. The van der Waals surface area contributed by atoms with Gasteiger partial charge in [-0.05, 0) is 25.7 Å². The van der Waals surface area contributed by atoms with Crippen molar-refractivity contribution >= 4 is 11.3 Å². The zero-order chi connectivity index (χ0) is 11.7. The molecule has 3 nitrogen and oxygen atoms in total. The van der Waals surface area contributed by atoms with E-state index >= 15 is 0 Å². The number of nitrogens with zero attached hydrogens (tertiary/aromatic N) is 2. The van der Waals surface area contributed by atoms with Gasteiger partial charge in [0.25, 0.3) is 0 Å². The fourth-order valence-electron chi connectivity index (χ4n) is 2.69. The molecule has 1 aromatic heterocycles. The van der Waals surface area contributed by atoms with Crippen molar-refractivity contribution in [1.29, 1.82) is 0 Å². The first-order valence-electron chi connectivity index (χ1n) is 6.69. The van der Waals surface area contributed by atoms with Crippen LogP contribution in [0.15, 0.2) is 11.6 Å². The largest absolute Gasteiger partial charge is 0.311 e. The molecule has 1 saturated heterocycles. The van der Waals surface area contributed by atoms with E-state index < -0.39 is 0 Å². The van der Waals surface area contributed by atoms with Gasteiger partial charge in [-0.25, -0.2) is 4.98 Å². The number of rotatable bonds is 4. The predicted molar refractivity (Wildman–Crippen MR) is 71.4 cm³/mol. The molecule has 1 aliphatic heterocycles. The molecular weight excluding hydrogens is 230 g/mol. The average molecular weight is 251 g/mol. The van der Waals surface area contributed by atoms with Crippen LogP contribution in [0.3, 0.4) is 0 Å². The Morgan fingerprint density at radius 2 is 2.41 bits per heavy atom. The molecule has 2 atom stereocenters. The quantitative estimate of drug-likeness (QED) is 0.884. The van der Waals surface area contributed by atoms with Gasteiger partial charge in [-0.1, -0.05) is 0 Å². The molecule has 3 rings (SSSR count). The molecule has 1 saturated carbocycles. The van der Waals surface area contributed by atoms with Gasteiger partial charge >= 0.3 is 0 Å². The second-order valence-corrected chi connectivity index (χ2v) is 6.35. The highest BCUT2D eigenvalue weighted by Gasteiger charge is 2.35. The van der Waals surface area contributed by atoms with Gasteiger partial charge in [-0.3, -0.25) is 4.90 Å². The molecule has 0 spiro atoms. The van der Waals surface area contributed by atoms with Crippen molar-refractivity contribution < 1.29 is 0 Å². The second-order valence-electron chi connectivity index (χ2n) is 5.37. The van der Waals surface area contributed by atoms with Gasteiger partial charge in [0, 0.05) is 49.7 Å². The van der Waals surface area contributed by atoms with Crippen molar-refractivity contribution in [2.24, 2.45) is 5.92 Å². The Labute approximate surface area is 107 Å². The van der Waals surface area contributed by atoms with Crippen LogP contribution in [-0.4, -0.2) is 41.6 Å². The Kier molecular flexibility index (Phi) is 3.45. The summed E-state index contributed by atoms with van der Waals surface area (Å²) in [4.78, 5) is 7.01. The highest BCUT2D eigenvalue weighted by molar-refractivity contribution is 7.09. The first-order chi connectivity index (χ1) is 8.33. The molecule has 2 heterocycles. The van der Waals surface area contributed by atoms with Gasteiger partial charge in [0.2, 0.25) is 0 Å². The van der Waals surface area contributed by atoms with E-state index in [9.17, 15) is 0 Å². The van der Waals surface area contributed by atoms with E-state index in [0.29, 0.717) is 6.04 Å². The lowest BCUT2D eigenvalue weighted by Gasteiger charge is -2.39. The van der Waals surface area contributed by atoms with Gasteiger partial charge in [0.1, 0.15) is 0 Å². The molecule has 2 aliphatic rings. The molecule has 17 heavy (non-hydrogen) atoms. The van der Waals surface area contributed by atoms with Crippen LogP contribution >= 0.6 is 11.3 Å². The highest BCUT2D eigenvalue weighted by Crippen LogP contribution is 2.34.